The third kappa shape index (κ3) is 2.93. The van der Waals surface area contributed by atoms with Gasteiger partial charge in [0.25, 0.3) is 0 Å². The maximum Gasteiger partial charge on any atom is 0.152 e. The molecule has 0 heterocycles. The molecule has 0 bridgehead atoms. The van der Waals surface area contributed by atoms with Crippen LogP contribution in [0.15, 0.2) is 12.2 Å². The Morgan fingerprint density at radius 1 is 1.29 bits per heavy atom. The molecule has 0 aromatic heterocycles. The Balaban J connectivity index is 5.03. The van der Waals surface area contributed by atoms with Crippen molar-refractivity contribution in [2.24, 2.45) is 5.92 Å². The summed E-state index contributed by atoms with van der Waals surface area (Å²) in [5.41, 5.74) is -2.65. The van der Waals surface area contributed by atoms with Gasteiger partial charge in [-0.3, -0.25) is 4.79 Å². The average molecular weight is 200 g/mol. The molecule has 0 saturated carbocycles. The summed E-state index contributed by atoms with van der Waals surface area (Å²) in [4.78, 5) is 10.8. The predicted octanol–water partition coefficient (Wildman–Crippen LogP) is 1.29. The fourth-order valence-electron chi connectivity index (χ4n) is 1.35. The number of rotatable bonds is 4. The van der Waals surface area contributed by atoms with Crippen LogP contribution in [0.4, 0.5) is 0 Å². The molecule has 82 valence electrons. The molecule has 0 amide bonds. The first-order chi connectivity index (χ1) is 6.11. The van der Waals surface area contributed by atoms with Crippen molar-refractivity contribution >= 4 is 5.78 Å². The standard InChI is InChI=1S/C11H20O3/c1-8(2)11(14,10(4,5)13)7-6-9(3)12/h6-8,13-14H,1-5H3/b7-6+. The maximum absolute atomic E-state index is 10.8. The highest BCUT2D eigenvalue weighted by Crippen LogP contribution is 2.30. The topological polar surface area (TPSA) is 57.5 Å². The third-order valence-electron chi connectivity index (χ3n) is 2.43. The Labute approximate surface area is 85.4 Å². The molecule has 2 N–H and O–H groups in total. The van der Waals surface area contributed by atoms with Crippen molar-refractivity contribution in [3.63, 3.8) is 0 Å². The highest BCUT2D eigenvalue weighted by Gasteiger charge is 2.42. The van der Waals surface area contributed by atoms with Crippen molar-refractivity contribution in [2.45, 2.75) is 45.8 Å². The van der Waals surface area contributed by atoms with Gasteiger partial charge in [-0.25, -0.2) is 0 Å². The van der Waals surface area contributed by atoms with Gasteiger partial charge < -0.3 is 10.2 Å². The van der Waals surface area contributed by atoms with Crippen molar-refractivity contribution < 1.29 is 15.0 Å². The van der Waals surface area contributed by atoms with Crippen LogP contribution in [-0.4, -0.2) is 27.2 Å². The van der Waals surface area contributed by atoms with Gasteiger partial charge in [-0.05, 0) is 38.8 Å². The van der Waals surface area contributed by atoms with Gasteiger partial charge in [-0.2, -0.15) is 0 Å². The second-order valence-electron chi connectivity index (χ2n) is 4.48. The molecule has 14 heavy (non-hydrogen) atoms. The zero-order valence-corrected chi connectivity index (χ0v) is 9.53. The number of allylic oxidation sites excluding steroid dienone is 1. The van der Waals surface area contributed by atoms with Crippen LogP contribution in [-0.2, 0) is 4.79 Å². The maximum atomic E-state index is 10.8. The lowest BCUT2D eigenvalue weighted by atomic mass is 9.77. The molecular weight excluding hydrogens is 180 g/mol. The molecule has 0 aliphatic carbocycles. The summed E-state index contributed by atoms with van der Waals surface area (Å²) in [5, 5.41) is 20.0. The van der Waals surface area contributed by atoms with Gasteiger partial charge in [0.2, 0.25) is 0 Å². The Kier molecular flexibility index (Phi) is 4.03. The quantitative estimate of drug-likeness (QED) is 0.672. The molecule has 1 atom stereocenters. The van der Waals surface area contributed by atoms with Crippen LogP contribution in [0.1, 0.15) is 34.6 Å². The molecule has 3 nitrogen and oxygen atoms in total. The lowest BCUT2D eigenvalue weighted by Crippen LogP contribution is -2.52. The number of hydrogen-bond donors (Lipinski definition) is 2. The van der Waals surface area contributed by atoms with Crippen LogP contribution >= 0.6 is 0 Å². The minimum atomic E-state index is -1.38. The molecule has 0 fully saturated rings. The number of hydrogen-bond acceptors (Lipinski definition) is 3. The van der Waals surface area contributed by atoms with Gasteiger partial charge in [0.15, 0.2) is 5.78 Å². The minimum Gasteiger partial charge on any atom is -0.387 e. The second-order valence-corrected chi connectivity index (χ2v) is 4.48. The lowest BCUT2D eigenvalue weighted by Gasteiger charge is -2.39. The van der Waals surface area contributed by atoms with E-state index in [1.807, 2.05) is 0 Å². The van der Waals surface area contributed by atoms with Gasteiger partial charge >= 0.3 is 0 Å². The molecular formula is C11H20O3. The van der Waals surface area contributed by atoms with Crippen molar-refractivity contribution in [1.29, 1.82) is 0 Å². The first-order valence-electron chi connectivity index (χ1n) is 4.76. The van der Waals surface area contributed by atoms with Gasteiger partial charge in [0.05, 0.1) is 5.60 Å². The van der Waals surface area contributed by atoms with E-state index >= 15 is 0 Å². The zero-order chi connectivity index (χ0) is 11.6. The van der Waals surface area contributed by atoms with Gasteiger partial charge in [-0.15, -0.1) is 0 Å². The largest absolute Gasteiger partial charge is 0.387 e. The van der Waals surface area contributed by atoms with Crippen LogP contribution in [0.25, 0.3) is 0 Å². The summed E-state index contributed by atoms with van der Waals surface area (Å²) < 4.78 is 0. The van der Waals surface area contributed by atoms with E-state index in [1.54, 1.807) is 13.8 Å². The highest BCUT2D eigenvalue weighted by molar-refractivity contribution is 5.87. The van der Waals surface area contributed by atoms with E-state index in [9.17, 15) is 15.0 Å². The molecule has 0 spiro atoms. The van der Waals surface area contributed by atoms with Crippen LogP contribution < -0.4 is 0 Å². The van der Waals surface area contributed by atoms with E-state index in [4.69, 9.17) is 0 Å². The fraction of sp³-hybridized carbons (Fsp3) is 0.727. The summed E-state index contributed by atoms with van der Waals surface area (Å²) in [7, 11) is 0. The summed E-state index contributed by atoms with van der Waals surface area (Å²) >= 11 is 0. The molecule has 0 aliphatic rings. The van der Waals surface area contributed by atoms with Crippen LogP contribution in [0.5, 0.6) is 0 Å². The Bertz CT molecular complexity index is 235. The third-order valence-corrected chi connectivity index (χ3v) is 2.43. The van der Waals surface area contributed by atoms with Crippen molar-refractivity contribution in [3.8, 4) is 0 Å². The van der Waals surface area contributed by atoms with E-state index in [0.29, 0.717) is 0 Å². The molecule has 0 saturated heterocycles. The van der Waals surface area contributed by atoms with E-state index in [-0.39, 0.29) is 11.7 Å². The average Bonchev–Trinajstić information content (AvgIpc) is 1.97. The normalized spacial score (nSPS) is 17.4. The second kappa shape index (κ2) is 4.24. The number of carbonyl (C=O) groups excluding carboxylic acids is 1. The number of ketones is 1. The summed E-state index contributed by atoms with van der Waals surface area (Å²) in [6.07, 6.45) is 2.66. The van der Waals surface area contributed by atoms with Crippen LogP contribution in [0, 0.1) is 5.92 Å². The summed E-state index contributed by atoms with van der Waals surface area (Å²) in [5.74, 6) is -0.313. The molecule has 0 aromatic carbocycles. The lowest BCUT2D eigenvalue weighted by molar-refractivity contribution is -0.125. The van der Waals surface area contributed by atoms with E-state index < -0.39 is 11.2 Å². The highest BCUT2D eigenvalue weighted by atomic mass is 16.4. The molecule has 0 aliphatic heterocycles. The van der Waals surface area contributed by atoms with E-state index in [1.165, 1.54) is 32.9 Å². The summed E-state index contributed by atoms with van der Waals surface area (Å²) in [6, 6.07) is 0. The Hall–Kier alpha value is -0.670. The SMILES string of the molecule is CC(=O)/C=C/C(O)(C(C)C)C(C)(C)O. The van der Waals surface area contributed by atoms with Crippen LogP contribution in [0.2, 0.25) is 0 Å². The first kappa shape index (κ1) is 13.3. The molecule has 0 rings (SSSR count). The molecule has 0 radical (unpaired) electrons. The minimum absolute atomic E-state index is 0.145. The van der Waals surface area contributed by atoms with Crippen molar-refractivity contribution in [2.75, 3.05) is 0 Å². The number of aliphatic hydroxyl groups is 2. The molecule has 1 unspecified atom stereocenters. The summed E-state index contributed by atoms with van der Waals surface area (Å²) in [6.45, 7) is 8.04. The molecule has 3 heteroatoms. The monoisotopic (exact) mass is 200 g/mol. The fourth-order valence-corrected chi connectivity index (χ4v) is 1.35. The molecule has 0 aromatic rings. The van der Waals surface area contributed by atoms with E-state index in [0.717, 1.165) is 0 Å². The van der Waals surface area contributed by atoms with Gasteiger partial charge in [-0.1, -0.05) is 13.8 Å². The van der Waals surface area contributed by atoms with Crippen molar-refractivity contribution in [3.05, 3.63) is 12.2 Å². The predicted molar refractivity (Wildman–Crippen MR) is 55.9 cm³/mol. The Morgan fingerprint density at radius 3 is 1.93 bits per heavy atom. The number of carbonyl (C=O) groups is 1. The first-order valence-corrected chi connectivity index (χ1v) is 4.76. The zero-order valence-electron chi connectivity index (χ0n) is 9.53. The van der Waals surface area contributed by atoms with Crippen LogP contribution in [0.3, 0.4) is 0 Å². The Morgan fingerprint density at radius 2 is 1.71 bits per heavy atom. The van der Waals surface area contributed by atoms with E-state index in [2.05, 4.69) is 0 Å². The van der Waals surface area contributed by atoms with Crippen molar-refractivity contribution in [1.82, 2.24) is 0 Å². The van der Waals surface area contributed by atoms with Gasteiger partial charge in [0.1, 0.15) is 5.60 Å². The smallest absolute Gasteiger partial charge is 0.152 e. The van der Waals surface area contributed by atoms with Gasteiger partial charge in [0, 0.05) is 0 Å².